The molecule has 1 aromatic carbocycles. The van der Waals surface area contributed by atoms with E-state index in [0.717, 1.165) is 5.56 Å². The average molecular weight is 214 g/mol. The summed E-state index contributed by atoms with van der Waals surface area (Å²) in [6.45, 7) is 4.73. The molecular weight excluding hydrogens is 198 g/mol. The maximum absolute atomic E-state index is 13.2. The van der Waals surface area contributed by atoms with Crippen LogP contribution in [0.4, 0.5) is 8.78 Å². The molecular formula is C12H16F2O. The summed E-state index contributed by atoms with van der Waals surface area (Å²) in [7, 11) is 0. The zero-order valence-electron chi connectivity index (χ0n) is 9.22. The number of benzene rings is 1. The lowest BCUT2D eigenvalue weighted by Gasteiger charge is -2.21. The molecule has 0 atom stereocenters. The highest BCUT2D eigenvalue weighted by Crippen LogP contribution is 2.31. The van der Waals surface area contributed by atoms with E-state index in [1.165, 1.54) is 12.1 Å². The standard InChI is InChI=1S/C12H16F2O/c1-11(2,3)9-5-4-6-10(7-9)12(13,14)8-15/h4-7,15H,8H2,1-3H3. The molecule has 1 rings (SSSR count). The molecule has 0 unspecified atom stereocenters. The zero-order chi connectivity index (χ0) is 11.7. The molecule has 1 nitrogen and oxygen atoms in total. The van der Waals surface area contributed by atoms with Crippen molar-refractivity contribution in [2.45, 2.75) is 32.1 Å². The van der Waals surface area contributed by atoms with Crippen molar-refractivity contribution in [3.05, 3.63) is 35.4 Å². The van der Waals surface area contributed by atoms with Gasteiger partial charge in [0.2, 0.25) is 0 Å². The van der Waals surface area contributed by atoms with Crippen LogP contribution in [0.2, 0.25) is 0 Å². The van der Waals surface area contributed by atoms with E-state index in [1.54, 1.807) is 6.07 Å². The monoisotopic (exact) mass is 214 g/mol. The molecule has 0 spiro atoms. The molecule has 15 heavy (non-hydrogen) atoms. The molecule has 0 aromatic heterocycles. The third-order valence-electron chi connectivity index (χ3n) is 2.35. The van der Waals surface area contributed by atoms with Gasteiger partial charge in [-0.1, -0.05) is 39.0 Å². The smallest absolute Gasteiger partial charge is 0.295 e. The number of aliphatic hydroxyl groups excluding tert-OH is 1. The Morgan fingerprint density at radius 2 is 1.67 bits per heavy atom. The van der Waals surface area contributed by atoms with Gasteiger partial charge >= 0.3 is 0 Å². The molecule has 3 heteroatoms. The summed E-state index contributed by atoms with van der Waals surface area (Å²) < 4.78 is 26.4. The fraction of sp³-hybridized carbons (Fsp3) is 0.500. The Kier molecular flexibility index (Phi) is 3.14. The maximum Gasteiger partial charge on any atom is 0.295 e. The summed E-state index contributed by atoms with van der Waals surface area (Å²) in [6, 6.07) is 6.21. The van der Waals surface area contributed by atoms with Crippen molar-refractivity contribution in [3.63, 3.8) is 0 Å². The van der Waals surface area contributed by atoms with Gasteiger partial charge in [-0.3, -0.25) is 0 Å². The highest BCUT2D eigenvalue weighted by Gasteiger charge is 2.31. The molecule has 0 aliphatic heterocycles. The van der Waals surface area contributed by atoms with E-state index in [0.29, 0.717) is 0 Å². The van der Waals surface area contributed by atoms with Crippen LogP contribution < -0.4 is 0 Å². The number of rotatable bonds is 2. The fourth-order valence-corrected chi connectivity index (χ4v) is 1.30. The second kappa shape index (κ2) is 3.89. The van der Waals surface area contributed by atoms with Crippen molar-refractivity contribution < 1.29 is 13.9 Å². The third-order valence-corrected chi connectivity index (χ3v) is 2.35. The summed E-state index contributed by atoms with van der Waals surface area (Å²) in [5, 5.41) is 8.59. The maximum atomic E-state index is 13.2. The quantitative estimate of drug-likeness (QED) is 0.802. The molecule has 0 saturated carbocycles. The van der Waals surface area contributed by atoms with Crippen LogP contribution in [0.5, 0.6) is 0 Å². The molecule has 0 saturated heterocycles. The van der Waals surface area contributed by atoms with Crippen LogP contribution in [0.25, 0.3) is 0 Å². The van der Waals surface area contributed by atoms with E-state index < -0.39 is 12.5 Å². The Morgan fingerprint density at radius 3 is 2.13 bits per heavy atom. The molecule has 1 N–H and O–H groups in total. The zero-order valence-corrected chi connectivity index (χ0v) is 9.22. The topological polar surface area (TPSA) is 20.2 Å². The predicted octanol–water partition coefficient (Wildman–Crippen LogP) is 3.07. The summed E-state index contributed by atoms with van der Waals surface area (Å²) in [5.41, 5.74) is 0.548. The molecule has 0 heterocycles. The number of alkyl halides is 2. The Labute approximate surface area is 88.7 Å². The van der Waals surface area contributed by atoms with E-state index >= 15 is 0 Å². The fourth-order valence-electron chi connectivity index (χ4n) is 1.30. The van der Waals surface area contributed by atoms with E-state index in [4.69, 9.17) is 5.11 Å². The highest BCUT2D eigenvalue weighted by molar-refractivity contribution is 5.31. The van der Waals surface area contributed by atoms with Crippen molar-refractivity contribution in [2.75, 3.05) is 6.61 Å². The first kappa shape index (κ1) is 12.1. The van der Waals surface area contributed by atoms with E-state index in [2.05, 4.69) is 0 Å². The Balaban J connectivity index is 3.14. The minimum atomic E-state index is -3.15. The van der Waals surface area contributed by atoms with Gasteiger partial charge in [0, 0.05) is 5.56 Å². The summed E-state index contributed by atoms with van der Waals surface area (Å²) in [5.74, 6) is -3.15. The van der Waals surface area contributed by atoms with Gasteiger partial charge in [0.1, 0.15) is 6.61 Å². The van der Waals surface area contributed by atoms with Crippen LogP contribution in [0.3, 0.4) is 0 Å². The lowest BCUT2D eigenvalue weighted by atomic mass is 9.85. The number of hydrogen-bond donors (Lipinski definition) is 1. The van der Waals surface area contributed by atoms with Gasteiger partial charge in [-0.25, -0.2) is 0 Å². The van der Waals surface area contributed by atoms with Crippen LogP contribution in [0.1, 0.15) is 31.9 Å². The van der Waals surface area contributed by atoms with Crippen molar-refractivity contribution in [1.29, 1.82) is 0 Å². The van der Waals surface area contributed by atoms with E-state index in [-0.39, 0.29) is 11.0 Å². The van der Waals surface area contributed by atoms with Gasteiger partial charge in [-0.2, -0.15) is 8.78 Å². The van der Waals surface area contributed by atoms with Crippen LogP contribution in [-0.4, -0.2) is 11.7 Å². The number of halogens is 2. The van der Waals surface area contributed by atoms with Crippen molar-refractivity contribution >= 4 is 0 Å². The lowest BCUT2D eigenvalue weighted by molar-refractivity contribution is -0.0557. The first-order valence-corrected chi connectivity index (χ1v) is 4.87. The van der Waals surface area contributed by atoms with Crippen LogP contribution in [0, 0.1) is 0 Å². The largest absolute Gasteiger partial charge is 0.390 e. The summed E-state index contributed by atoms with van der Waals surface area (Å²) in [6.07, 6.45) is 0. The average Bonchev–Trinajstić information content (AvgIpc) is 2.17. The first-order valence-electron chi connectivity index (χ1n) is 4.87. The summed E-state index contributed by atoms with van der Waals surface area (Å²) >= 11 is 0. The van der Waals surface area contributed by atoms with Crippen LogP contribution in [-0.2, 0) is 11.3 Å². The third kappa shape index (κ3) is 2.75. The van der Waals surface area contributed by atoms with Gasteiger partial charge in [-0.15, -0.1) is 0 Å². The van der Waals surface area contributed by atoms with E-state index in [1.807, 2.05) is 26.8 Å². The van der Waals surface area contributed by atoms with Gasteiger partial charge in [0.05, 0.1) is 0 Å². The van der Waals surface area contributed by atoms with Crippen molar-refractivity contribution in [3.8, 4) is 0 Å². The van der Waals surface area contributed by atoms with Gasteiger partial charge in [0.25, 0.3) is 5.92 Å². The van der Waals surface area contributed by atoms with Gasteiger partial charge in [0.15, 0.2) is 0 Å². The normalized spacial score (nSPS) is 12.9. The number of hydrogen-bond acceptors (Lipinski definition) is 1. The molecule has 84 valence electrons. The van der Waals surface area contributed by atoms with Crippen LogP contribution in [0.15, 0.2) is 24.3 Å². The first-order chi connectivity index (χ1) is 6.77. The molecule has 0 aliphatic carbocycles. The Bertz CT molecular complexity index is 340. The van der Waals surface area contributed by atoms with E-state index in [9.17, 15) is 8.78 Å². The van der Waals surface area contributed by atoms with Gasteiger partial charge in [-0.05, 0) is 17.0 Å². The minimum Gasteiger partial charge on any atom is -0.390 e. The highest BCUT2D eigenvalue weighted by atomic mass is 19.3. The molecule has 0 aliphatic rings. The predicted molar refractivity (Wildman–Crippen MR) is 56.1 cm³/mol. The lowest BCUT2D eigenvalue weighted by Crippen LogP contribution is -2.20. The molecule has 0 bridgehead atoms. The molecule has 0 amide bonds. The summed E-state index contributed by atoms with van der Waals surface area (Å²) in [4.78, 5) is 0. The Morgan fingerprint density at radius 1 is 1.13 bits per heavy atom. The van der Waals surface area contributed by atoms with Crippen molar-refractivity contribution in [1.82, 2.24) is 0 Å². The SMILES string of the molecule is CC(C)(C)c1cccc(C(F)(F)CO)c1. The molecule has 1 aromatic rings. The second-order valence-electron chi connectivity index (χ2n) is 4.69. The minimum absolute atomic E-state index is 0.127. The second-order valence-corrected chi connectivity index (χ2v) is 4.69. The Hall–Kier alpha value is -0.960. The molecule has 0 fully saturated rings. The molecule has 0 radical (unpaired) electrons. The number of aliphatic hydroxyl groups is 1. The van der Waals surface area contributed by atoms with Crippen molar-refractivity contribution in [2.24, 2.45) is 0 Å². The van der Waals surface area contributed by atoms with Crippen LogP contribution >= 0.6 is 0 Å². The van der Waals surface area contributed by atoms with Gasteiger partial charge < -0.3 is 5.11 Å².